The molecule has 0 saturated carbocycles. The van der Waals surface area contributed by atoms with Crippen LogP contribution in [0.15, 0.2) is 30.3 Å². The third kappa shape index (κ3) is 4.39. The Morgan fingerprint density at radius 2 is 1.58 bits per heavy atom. The van der Waals surface area contributed by atoms with Crippen LogP contribution in [0.1, 0.15) is 20.7 Å². The quantitative estimate of drug-likeness (QED) is 0.517. The van der Waals surface area contributed by atoms with E-state index in [2.05, 4.69) is 0 Å². The van der Waals surface area contributed by atoms with Crippen LogP contribution in [0.4, 0.5) is 0 Å². The monoisotopic (exact) mass is 398 g/mol. The lowest BCUT2D eigenvalue weighted by Gasteiger charge is -2.11. The zero-order valence-electron chi connectivity index (χ0n) is 14.3. The second-order valence-corrected chi connectivity index (χ2v) is 5.85. The predicted octanol–water partition coefficient (Wildman–Crippen LogP) is 4.06. The van der Waals surface area contributed by atoms with E-state index in [1.54, 1.807) is 12.1 Å². The molecule has 0 bridgehead atoms. The van der Waals surface area contributed by atoms with Crippen molar-refractivity contribution in [1.29, 1.82) is 0 Å². The van der Waals surface area contributed by atoms with Crippen LogP contribution in [0.25, 0.3) is 0 Å². The van der Waals surface area contributed by atoms with Gasteiger partial charge < -0.3 is 18.9 Å². The molecule has 6 nitrogen and oxygen atoms in total. The number of benzene rings is 2. The number of ketones is 1. The minimum absolute atomic E-state index is 0.103. The van der Waals surface area contributed by atoms with E-state index in [0.717, 1.165) is 0 Å². The maximum Gasteiger partial charge on any atom is 0.338 e. The average Bonchev–Trinajstić information content (AvgIpc) is 2.64. The van der Waals surface area contributed by atoms with Gasteiger partial charge >= 0.3 is 5.97 Å². The van der Waals surface area contributed by atoms with Crippen molar-refractivity contribution < 1.29 is 28.5 Å². The van der Waals surface area contributed by atoms with Gasteiger partial charge in [-0.05, 0) is 30.3 Å². The Labute approximate surface area is 160 Å². The Morgan fingerprint density at radius 3 is 2.12 bits per heavy atom. The Kier molecular flexibility index (Phi) is 6.71. The fourth-order valence-corrected chi connectivity index (χ4v) is 2.84. The molecule has 0 N–H and O–H groups in total. The number of rotatable bonds is 7. The first-order valence-corrected chi connectivity index (χ1v) is 8.12. The van der Waals surface area contributed by atoms with Crippen molar-refractivity contribution in [2.24, 2.45) is 0 Å². The average molecular weight is 399 g/mol. The normalized spacial score (nSPS) is 10.2. The molecule has 0 aromatic heterocycles. The van der Waals surface area contributed by atoms with Gasteiger partial charge in [-0.15, -0.1) is 0 Å². The molecule has 0 amide bonds. The Hall–Kier alpha value is -2.44. The number of halogens is 2. The first-order chi connectivity index (χ1) is 12.4. The number of hydrogen-bond acceptors (Lipinski definition) is 6. The summed E-state index contributed by atoms with van der Waals surface area (Å²) in [6.07, 6.45) is 0. The van der Waals surface area contributed by atoms with Gasteiger partial charge in [0.2, 0.25) is 5.78 Å². The van der Waals surface area contributed by atoms with Gasteiger partial charge in [-0.25, -0.2) is 4.79 Å². The number of esters is 1. The van der Waals surface area contributed by atoms with Gasteiger partial charge in [0.25, 0.3) is 0 Å². The fraction of sp³-hybridized carbons (Fsp3) is 0.222. The smallest absolute Gasteiger partial charge is 0.338 e. The number of carbonyl (C=O) groups excluding carboxylic acids is 2. The highest BCUT2D eigenvalue weighted by atomic mass is 35.5. The highest BCUT2D eigenvalue weighted by Gasteiger charge is 2.18. The first-order valence-electron chi connectivity index (χ1n) is 7.36. The summed E-state index contributed by atoms with van der Waals surface area (Å²) < 4.78 is 20.3. The third-order valence-corrected chi connectivity index (χ3v) is 4.04. The van der Waals surface area contributed by atoms with Crippen molar-refractivity contribution in [2.45, 2.75) is 0 Å². The van der Waals surface area contributed by atoms with Crippen LogP contribution in [0.3, 0.4) is 0 Å². The molecule has 2 aromatic carbocycles. The van der Waals surface area contributed by atoms with Gasteiger partial charge in [-0.3, -0.25) is 4.79 Å². The first kappa shape index (κ1) is 19.9. The fourth-order valence-electron chi connectivity index (χ4n) is 2.20. The van der Waals surface area contributed by atoms with Gasteiger partial charge in [0.1, 0.15) is 11.5 Å². The van der Waals surface area contributed by atoms with Gasteiger partial charge in [0, 0.05) is 0 Å². The van der Waals surface area contributed by atoms with Crippen LogP contribution >= 0.6 is 23.2 Å². The molecular formula is C18H16Cl2O6. The largest absolute Gasteiger partial charge is 0.497 e. The van der Waals surface area contributed by atoms with E-state index in [4.69, 9.17) is 42.1 Å². The molecule has 2 rings (SSSR count). The molecule has 0 fully saturated rings. The molecule has 0 heterocycles. The molecule has 2 aromatic rings. The van der Waals surface area contributed by atoms with Crippen LogP contribution in [0, 0.1) is 0 Å². The third-order valence-electron chi connectivity index (χ3n) is 3.48. The van der Waals surface area contributed by atoms with Crippen LogP contribution in [-0.4, -0.2) is 39.7 Å². The molecule has 0 radical (unpaired) electrons. The summed E-state index contributed by atoms with van der Waals surface area (Å²) in [6.45, 7) is -0.483. The molecule has 138 valence electrons. The minimum Gasteiger partial charge on any atom is -0.497 e. The zero-order chi connectivity index (χ0) is 19.3. The van der Waals surface area contributed by atoms with E-state index in [9.17, 15) is 9.59 Å². The van der Waals surface area contributed by atoms with E-state index in [1.807, 2.05) is 0 Å². The molecule has 0 spiro atoms. The van der Waals surface area contributed by atoms with Crippen LogP contribution in [0.5, 0.6) is 17.2 Å². The van der Waals surface area contributed by atoms with Crippen molar-refractivity contribution in [3.05, 3.63) is 51.5 Å². The standard InChI is InChI=1S/C18H16Cl2O6/c1-23-11-4-5-16(24-2)12(8-11)15(21)9-26-18(22)10-6-13(19)17(25-3)14(20)7-10/h4-8H,9H2,1-3H3. The van der Waals surface area contributed by atoms with Gasteiger partial charge in [-0.1, -0.05) is 23.2 Å². The number of ether oxygens (including phenoxy) is 4. The summed E-state index contributed by atoms with van der Waals surface area (Å²) in [5.74, 6) is -0.106. The highest BCUT2D eigenvalue weighted by Crippen LogP contribution is 2.34. The predicted molar refractivity (Wildman–Crippen MR) is 97.2 cm³/mol. The van der Waals surface area contributed by atoms with E-state index >= 15 is 0 Å². The van der Waals surface area contributed by atoms with Gasteiger partial charge in [-0.2, -0.15) is 0 Å². The summed E-state index contributed by atoms with van der Waals surface area (Å²) in [6, 6.07) is 7.46. The van der Waals surface area contributed by atoms with Crippen molar-refractivity contribution in [3.63, 3.8) is 0 Å². The summed E-state index contributed by atoms with van der Waals surface area (Å²) in [4.78, 5) is 24.6. The van der Waals surface area contributed by atoms with Crippen LogP contribution in [-0.2, 0) is 4.74 Å². The van der Waals surface area contributed by atoms with E-state index in [1.165, 1.54) is 39.5 Å². The second kappa shape index (κ2) is 8.78. The zero-order valence-corrected chi connectivity index (χ0v) is 15.8. The highest BCUT2D eigenvalue weighted by molar-refractivity contribution is 6.37. The molecular weight excluding hydrogens is 383 g/mol. The van der Waals surface area contributed by atoms with Gasteiger partial charge in [0.05, 0.1) is 42.5 Å². The maximum absolute atomic E-state index is 12.4. The summed E-state index contributed by atoms with van der Waals surface area (Å²) in [5, 5.41) is 0.320. The molecule has 8 heteroatoms. The number of carbonyl (C=O) groups is 2. The van der Waals surface area contributed by atoms with E-state index in [0.29, 0.717) is 11.5 Å². The lowest BCUT2D eigenvalue weighted by molar-refractivity contribution is 0.0474. The molecule has 0 saturated heterocycles. The molecule has 0 aliphatic carbocycles. The lowest BCUT2D eigenvalue weighted by atomic mass is 10.1. The molecule has 0 atom stereocenters. The summed E-state index contributed by atoms with van der Waals surface area (Å²) >= 11 is 12.0. The molecule has 26 heavy (non-hydrogen) atoms. The van der Waals surface area contributed by atoms with Crippen molar-refractivity contribution in [2.75, 3.05) is 27.9 Å². The van der Waals surface area contributed by atoms with Crippen molar-refractivity contribution in [1.82, 2.24) is 0 Å². The second-order valence-electron chi connectivity index (χ2n) is 5.04. The van der Waals surface area contributed by atoms with Crippen LogP contribution < -0.4 is 14.2 Å². The van der Waals surface area contributed by atoms with Crippen molar-refractivity contribution in [3.8, 4) is 17.2 Å². The Balaban J connectivity index is 2.14. The van der Waals surface area contributed by atoms with Gasteiger partial charge in [0.15, 0.2) is 12.4 Å². The number of Topliss-reactive ketones (excluding diaryl/α,β-unsaturated/α-hetero) is 1. The molecule has 0 aliphatic rings. The lowest BCUT2D eigenvalue weighted by Crippen LogP contribution is -2.15. The number of methoxy groups -OCH3 is 3. The summed E-state index contributed by atoms with van der Waals surface area (Å²) in [5.41, 5.74) is 0.344. The molecule has 0 aliphatic heterocycles. The molecule has 0 unspecified atom stereocenters. The SMILES string of the molecule is COc1ccc(OC)c(C(=O)COC(=O)c2cc(Cl)c(OC)c(Cl)c2)c1. The van der Waals surface area contributed by atoms with Crippen LogP contribution in [0.2, 0.25) is 10.0 Å². The Bertz CT molecular complexity index is 811. The van der Waals surface area contributed by atoms with Crippen molar-refractivity contribution >= 4 is 35.0 Å². The van der Waals surface area contributed by atoms with E-state index < -0.39 is 18.4 Å². The maximum atomic E-state index is 12.4. The number of hydrogen-bond donors (Lipinski definition) is 0. The summed E-state index contributed by atoms with van der Waals surface area (Å²) in [7, 11) is 4.32. The minimum atomic E-state index is -0.744. The topological polar surface area (TPSA) is 71.1 Å². The van der Waals surface area contributed by atoms with E-state index in [-0.39, 0.29) is 26.9 Å². The Morgan fingerprint density at radius 1 is 0.923 bits per heavy atom.